The highest BCUT2D eigenvalue weighted by Crippen LogP contribution is 2.54. The van der Waals surface area contributed by atoms with E-state index in [1.165, 1.54) is 5.56 Å². The third-order valence-electron chi connectivity index (χ3n) is 3.75. The van der Waals surface area contributed by atoms with Crippen LogP contribution in [0.5, 0.6) is 0 Å². The number of halogens is 2. The monoisotopic (exact) mass is 336 g/mol. The smallest absolute Gasteiger partial charge is 0.0838 e. The van der Waals surface area contributed by atoms with Crippen molar-refractivity contribution in [3.63, 3.8) is 0 Å². The van der Waals surface area contributed by atoms with Crippen LogP contribution in [-0.2, 0) is 0 Å². The topological polar surface area (TPSA) is 20.2 Å². The van der Waals surface area contributed by atoms with Crippen LogP contribution in [0.4, 0.5) is 0 Å². The normalized spacial score (nSPS) is 23.1. The predicted molar refractivity (Wildman–Crippen MR) is 81.4 cm³/mol. The molecule has 0 bridgehead atoms. The van der Waals surface area contributed by atoms with Crippen LogP contribution in [0.3, 0.4) is 0 Å². The molecule has 2 aromatic rings. The van der Waals surface area contributed by atoms with Crippen molar-refractivity contribution in [2.45, 2.75) is 18.4 Å². The van der Waals surface area contributed by atoms with E-state index in [9.17, 15) is 5.11 Å². The van der Waals surface area contributed by atoms with Crippen LogP contribution >= 0.6 is 27.5 Å². The Morgan fingerprint density at radius 2 is 1.89 bits per heavy atom. The second-order valence-corrected chi connectivity index (χ2v) is 6.35. The van der Waals surface area contributed by atoms with Gasteiger partial charge in [0, 0.05) is 9.50 Å². The van der Waals surface area contributed by atoms with Gasteiger partial charge in [-0.05, 0) is 41.5 Å². The van der Waals surface area contributed by atoms with Crippen molar-refractivity contribution in [2.75, 3.05) is 0 Å². The lowest BCUT2D eigenvalue weighted by molar-refractivity contribution is 0.151. The summed E-state index contributed by atoms with van der Waals surface area (Å²) in [5.74, 6) is 0.733. The van der Waals surface area contributed by atoms with E-state index in [4.69, 9.17) is 11.6 Å². The summed E-state index contributed by atoms with van der Waals surface area (Å²) < 4.78 is 0.934. The molecule has 0 radical (unpaired) electrons. The largest absolute Gasteiger partial charge is 0.388 e. The van der Waals surface area contributed by atoms with Gasteiger partial charge in [-0.1, -0.05) is 63.9 Å². The van der Waals surface area contributed by atoms with E-state index in [0.717, 1.165) is 16.5 Å². The van der Waals surface area contributed by atoms with Gasteiger partial charge in [0.25, 0.3) is 0 Å². The summed E-state index contributed by atoms with van der Waals surface area (Å²) in [6, 6.07) is 16.0. The van der Waals surface area contributed by atoms with Gasteiger partial charge in [-0.25, -0.2) is 0 Å². The fourth-order valence-electron chi connectivity index (χ4n) is 2.62. The SMILES string of the molecule is OC(c1ccc(Br)cc1Cl)C1CC1c1ccccc1. The van der Waals surface area contributed by atoms with E-state index in [0.29, 0.717) is 10.9 Å². The molecule has 1 aliphatic rings. The molecule has 3 unspecified atom stereocenters. The number of aliphatic hydroxyl groups is 1. The van der Waals surface area contributed by atoms with Crippen LogP contribution in [0.25, 0.3) is 0 Å². The molecule has 98 valence electrons. The minimum Gasteiger partial charge on any atom is -0.388 e. The first-order valence-electron chi connectivity index (χ1n) is 6.35. The van der Waals surface area contributed by atoms with E-state index in [1.54, 1.807) is 0 Å². The van der Waals surface area contributed by atoms with Gasteiger partial charge in [-0.3, -0.25) is 0 Å². The molecule has 1 fully saturated rings. The predicted octanol–water partition coefficient (Wildman–Crippen LogP) is 4.94. The third kappa shape index (κ3) is 2.71. The van der Waals surface area contributed by atoms with Crippen LogP contribution < -0.4 is 0 Å². The maximum atomic E-state index is 10.5. The van der Waals surface area contributed by atoms with Gasteiger partial charge in [-0.15, -0.1) is 0 Å². The summed E-state index contributed by atoms with van der Waals surface area (Å²) in [5.41, 5.74) is 2.13. The molecule has 1 N–H and O–H groups in total. The van der Waals surface area contributed by atoms with Crippen LogP contribution in [0.2, 0.25) is 5.02 Å². The van der Waals surface area contributed by atoms with Gasteiger partial charge < -0.3 is 5.11 Å². The lowest BCUT2D eigenvalue weighted by Gasteiger charge is -2.13. The van der Waals surface area contributed by atoms with Gasteiger partial charge in [0.05, 0.1) is 6.10 Å². The average Bonchev–Trinajstić information content (AvgIpc) is 3.19. The second kappa shape index (κ2) is 5.28. The summed E-state index contributed by atoms with van der Waals surface area (Å²) >= 11 is 9.58. The molecular weight excluding hydrogens is 324 g/mol. The van der Waals surface area contributed by atoms with Crippen molar-refractivity contribution in [1.82, 2.24) is 0 Å². The van der Waals surface area contributed by atoms with Crippen LogP contribution in [0, 0.1) is 5.92 Å². The van der Waals surface area contributed by atoms with Crippen molar-refractivity contribution < 1.29 is 5.11 Å². The molecule has 3 heteroatoms. The summed E-state index contributed by atoms with van der Waals surface area (Å²) in [6.07, 6.45) is 0.545. The maximum absolute atomic E-state index is 10.5. The number of benzene rings is 2. The molecule has 3 atom stereocenters. The molecule has 0 saturated heterocycles. The fraction of sp³-hybridized carbons (Fsp3) is 0.250. The first-order valence-corrected chi connectivity index (χ1v) is 7.52. The summed E-state index contributed by atoms with van der Waals surface area (Å²) in [4.78, 5) is 0. The highest BCUT2D eigenvalue weighted by Gasteiger charge is 2.44. The Hall–Kier alpha value is -0.830. The molecule has 0 aromatic heterocycles. The first kappa shape index (κ1) is 13.2. The molecule has 2 aromatic carbocycles. The summed E-state index contributed by atoms with van der Waals surface area (Å²) in [6.45, 7) is 0. The number of hydrogen-bond acceptors (Lipinski definition) is 1. The average molecular weight is 338 g/mol. The maximum Gasteiger partial charge on any atom is 0.0838 e. The van der Waals surface area contributed by atoms with Crippen molar-refractivity contribution in [3.8, 4) is 0 Å². The zero-order valence-corrected chi connectivity index (χ0v) is 12.6. The first-order chi connectivity index (χ1) is 9.16. The van der Waals surface area contributed by atoms with Crippen molar-refractivity contribution in [1.29, 1.82) is 0 Å². The second-order valence-electron chi connectivity index (χ2n) is 5.03. The molecule has 0 spiro atoms. The van der Waals surface area contributed by atoms with Gasteiger partial charge in [0.15, 0.2) is 0 Å². The Bertz CT molecular complexity index is 585. The lowest BCUT2D eigenvalue weighted by atomic mass is 10.0. The van der Waals surface area contributed by atoms with Crippen molar-refractivity contribution in [3.05, 3.63) is 69.2 Å². The van der Waals surface area contributed by atoms with Crippen LogP contribution in [-0.4, -0.2) is 5.11 Å². The lowest BCUT2D eigenvalue weighted by Crippen LogP contribution is -2.02. The molecule has 1 aliphatic carbocycles. The Balaban J connectivity index is 1.78. The van der Waals surface area contributed by atoms with E-state index in [2.05, 4.69) is 28.1 Å². The van der Waals surface area contributed by atoms with Gasteiger partial charge >= 0.3 is 0 Å². The van der Waals surface area contributed by atoms with Crippen LogP contribution in [0.1, 0.15) is 29.6 Å². The Labute approximate surface area is 126 Å². The van der Waals surface area contributed by atoms with Crippen molar-refractivity contribution >= 4 is 27.5 Å². The molecule has 3 rings (SSSR count). The Morgan fingerprint density at radius 1 is 1.16 bits per heavy atom. The van der Waals surface area contributed by atoms with E-state index in [1.807, 2.05) is 36.4 Å². The third-order valence-corrected chi connectivity index (χ3v) is 4.57. The number of aliphatic hydroxyl groups excluding tert-OH is 1. The standard InChI is InChI=1S/C16H14BrClO/c17-11-6-7-12(15(18)8-11)16(19)14-9-13(14)10-4-2-1-3-5-10/h1-8,13-14,16,19H,9H2. The highest BCUT2D eigenvalue weighted by atomic mass is 79.9. The molecule has 1 saturated carbocycles. The minimum atomic E-state index is -0.481. The molecular formula is C16H14BrClO. The zero-order chi connectivity index (χ0) is 13.4. The van der Waals surface area contributed by atoms with Gasteiger partial charge in [0.1, 0.15) is 0 Å². The number of rotatable bonds is 3. The molecule has 0 heterocycles. The molecule has 0 aliphatic heterocycles. The van der Waals surface area contributed by atoms with Gasteiger partial charge in [-0.2, -0.15) is 0 Å². The number of hydrogen-bond donors (Lipinski definition) is 1. The van der Waals surface area contributed by atoms with E-state index in [-0.39, 0.29) is 5.92 Å². The zero-order valence-electron chi connectivity index (χ0n) is 10.3. The molecule has 0 amide bonds. The molecule has 19 heavy (non-hydrogen) atoms. The Morgan fingerprint density at radius 3 is 2.58 bits per heavy atom. The van der Waals surface area contributed by atoms with Crippen LogP contribution in [0.15, 0.2) is 53.0 Å². The minimum absolute atomic E-state index is 0.279. The quantitative estimate of drug-likeness (QED) is 0.841. The van der Waals surface area contributed by atoms with E-state index < -0.39 is 6.10 Å². The van der Waals surface area contributed by atoms with E-state index >= 15 is 0 Å². The van der Waals surface area contributed by atoms with Gasteiger partial charge in [0.2, 0.25) is 0 Å². The summed E-state index contributed by atoms with van der Waals surface area (Å²) in [7, 11) is 0. The molecule has 1 nitrogen and oxygen atoms in total. The highest BCUT2D eigenvalue weighted by molar-refractivity contribution is 9.10. The fourth-order valence-corrected chi connectivity index (χ4v) is 3.40. The van der Waals surface area contributed by atoms with Crippen molar-refractivity contribution in [2.24, 2.45) is 5.92 Å². The summed E-state index contributed by atoms with van der Waals surface area (Å²) in [5, 5.41) is 11.1. The Kier molecular flexibility index (Phi) is 3.66.